The summed E-state index contributed by atoms with van der Waals surface area (Å²) in [6, 6.07) is 5.16. The van der Waals surface area contributed by atoms with Gasteiger partial charge in [-0.15, -0.1) is 0 Å². The fraction of sp³-hybridized carbons (Fsp3) is 0.500. The molecular weight excluding hydrogens is 297 g/mol. The second-order valence-corrected chi connectivity index (χ2v) is 6.03. The molecule has 0 saturated heterocycles. The first-order valence-electron chi connectivity index (χ1n) is 7.85. The standard InChI is InChI=1S/C16H22BNO5/c1-4-14(19)18-13-8-11-6-5-7-12(15(11)23-17(13)21)16(20)22-9-10(2)3/h5-7,10,13,21H,4,8-9H2,1-3H3,(H,18,19). The van der Waals surface area contributed by atoms with Crippen molar-refractivity contribution in [2.24, 2.45) is 5.92 Å². The molecule has 0 aromatic heterocycles. The van der Waals surface area contributed by atoms with E-state index < -0.39 is 19.0 Å². The Morgan fingerprint density at radius 2 is 2.22 bits per heavy atom. The maximum Gasteiger partial charge on any atom is 0.547 e. The average Bonchev–Trinajstić information content (AvgIpc) is 2.52. The number of para-hydroxylation sites is 1. The monoisotopic (exact) mass is 319 g/mol. The molecule has 0 saturated carbocycles. The highest BCUT2D eigenvalue weighted by Crippen LogP contribution is 2.30. The zero-order valence-electron chi connectivity index (χ0n) is 13.7. The Labute approximate surface area is 136 Å². The molecule has 1 aromatic carbocycles. The molecule has 1 heterocycles. The number of fused-ring (bicyclic) bond motifs is 1. The van der Waals surface area contributed by atoms with Crippen LogP contribution in [0.5, 0.6) is 5.75 Å². The van der Waals surface area contributed by atoms with Gasteiger partial charge in [-0.1, -0.05) is 32.9 Å². The van der Waals surface area contributed by atoms with Gasteiger partial charge in [0, 0.05) is 6.42 Å². The smallest absolute Gasteiger partial charge is 0.534 e. The molecule has 1 aliphatic heterocycles. The first-order chi connectivity index (χ1) is 10.9. The zero-order chi connectivity index (χ0) is 17.0. The molecule has 2 N–H and O–H groups in total. The van der Waals surface area contributed by atoms with E-state index >= 15 is 0 Å². The fourth-order valence-electron chi connectivity index (χ4n) is 2.34. The van der Waals surface area contributed by atoms with Crippen molar-refractivity contribution in [1.82, 2.24) is 5.32 Å². The molecule has 0 aliphatic carbocycles. The molecule has 2 rings (SSSR count). The second kappa shape index (κ2) is 7.50. The first kappa shape index (κ1) is 17.3. The molecular formula is C16H22BNO5. The summed E-state index contributed by atoms with van der Waals surface area (Å²) < 4.78 is 10.7. The number of amides is 1. The van der Waals surface area contributed by atoms with Crippen LogP contribution in [0.4, 0.5) is 0 Å². The predicted octanol–water partition coefficient (Wildman–Crippen LogP) is 1.35. The molecule has 23 heavy (non-hydrogen) atoms. The van der Waals surface area contributed by atoms with Crippen molar-refractivity contribution in [3.05, 3.63) is 29.3 Å². The van der Waals surface area contributed by atoms with Gasteiger partial charge in [0.05, 0.1) is 12.5 Å². The van der Waals surface area contributed by atoms with Crippen molar-refractivity contribution < 1.29 is 24.0 Å². The number of esters is 1. The predicted molar refractivity (Wildman–Crippen MR) is 86.1 cm³/mol. The lowest BCUT2D eigenvalue weighted by molar-refractivity contribution is -0.121. The molecule has 124 valence electrons. The number of carbonyl (C=O) groups excluding carboxylic acids is 2. The van der Waals surface area contributed by atoms with E-state index in [0.717, 1.165) is 5.56 Å². The van der Waals surface area contributed by atoms with Gasteiger partial charge >= 0.3 is 13.1 Å². The summed E-state index contributed by atoms with van der Waals surface area (Å²) in [6.07, 6.45) is 0.727. The maximum absolute atomic E-state index is 12.2. The summed E-state index contributed by atoms with van der Waals surface area (Å²) in [6.45, 7) is 5.96. The molecule has 1 unspecified atom stereocenters. The Morgan fingerprint density at radius 3 is 2.87 bits per heavy atom. The third-order valence-corrected chi connectivity index (χ3v) is 3.55. The van der Waals surface area contributed by atoms with Gasteiger partial charge in [0.15, 0.2) is 0 Å². The summed E-state index contributed by atoms with van der Waals surface area (Å²) in [5.41, 5.74) is 1.05. The molecule has 0 radical (unpaired) electrons. The number of hydrogen-bond donors (Lipinski definition) is 2. The number of hydrogen-bond acceptors (Lipinski definition) is 5. The van der Waals surface area contributed by atoms with Gasteiger partial charge < -0.3 is 19.7 Å². The van der Waals surface area contributed by atoms with Crippen LogP contribution in [-0.4, -0.2) is 36.6 Å². The lowest BCUT2D eigenvalue weighted by Crippen LogP contribution is -2.53. The van der Waals surface area contributed by atoms with Crippen molar-refractivity contribution in [3.63, 3.8) is 0 Å². The third kappa shape index (κ3) is 4.25. The lowest BCUT2D eigenvalue weighted by atomic mass is 9.72. The summed E-state index contributed by atoms with van der Waals surface area (Å²) in [5, 5.41) is 12.8. The molecule has 1 aromatic rings. The molecule has 1 aliphatic rings. The Morgan fingerprint density at radius 1 is 1.48 bits per heavy atom. The molecule has 1 amide bonds. The van der Waals surface area contributed by atoms with Crippen LogP contribution in [0.15, 0.2) is 18.2 Å². The van der Waals surface area contributed by atoms with E-state index in [1.165, 1.54) is 0 Å². The average molecular weight is 319 g/mol. The van der Waals surface area contributed by atoms with Crippen LogP contribution >= 0.6 is 0 Å². The third-order valence-electron chi connectivity index (χ3n) is 3.55. The van der Waals surface area contributed by atoms with Gasteiger partial charge in [0.2, 0.25) is 5.91 Å². The van der Waals surface area contributed by atoms with E-state index in [1.807, 2.05) is 19.9 Å². The Kier molecular flexibility index (Phi) is 5.66. The van der Waals surface area contributed by atoms with Gasteiger partial charge in [-0.25, -0.2) is 4.79 Å². The molecule has 1 atom stereocenters. The van der Waals surface area contributed by atoms with Gasteiger partial charge in [0.25, 0.3) is 0 Å². The van der Waals surface area contributed by atoms with Crippen molar-refractivity contribution >= 4 is 19.0 Å². The second-order valence-electron chi connectivity index (χ2n) is 6.03. The van der Waals surface area contributed by atoms with Crippen LogP contribution in [0.1, 0.15) is 43.1 Å². The lowest BCUT2D eigenvalue weighted by Gasteiger charge is -2.29. The van der Waals surface area contributed by atoms with Crippen molar-refractivity contribution in [1.29, 1.82) is 0 Å². The van der Waals surface area contributed by atoms with E-state index in [9.17, 15) is 14.6 Å². The van der Waals surface area contributed by atoms with Crippen LogP contribution < -0.4 is 9.97 Å². The highest BCUT2D eigenvalue weighted by molar-refractivity contribution is 6.47. The Balaban J connectivity index is 2.18. The quantitative estimate of drug-likeness (QED) is 0.632. The van der Waals surface area contributed by atoms with Crippen molar-refractivity contribution in [2.45, 2.75) is 39.6 Å². The molecule has 0 fully saturated rings. The topological polar surface area (TPSA) is 84.9 Å². The van der Waals surface area contributed by atoms with E-state index in [4.69, 9.17) is 9.39 Å². The highest BCUT2D eigenvalue weighted by Gasteiger charge is 2.37. The minimum atomic E-state index is -1.20. The number of carbonyl (C=O) groups is 2. The molecule has 7 heteroatoms. The van der Waals surface area contributed by atoms with E-state index in [1.54, 1.807) is 19.1 Å². The summed E-state index contributed by atoms with van der Waals surface area (Å²) in [4.78, 5) is 23.7. The number of ether oxygens (including phenoxy) is 1. The minimum absolute atomic E-state index is 0.159. The fourth-order valence-corrected chi connectivity index (χ4v) is 2.34. The van der Waals surface area contributed by atoms with Gasteiger partial charge in [-0.05, 0) is 24.0 Å². The van der Waals surface area contributed by atoms with Crippen LogP contribution in [0.2, 0.25) is 0 Å². The number of nitrogens with one attached hydrogen (secondary N) is 1. The van der Waals surface area contributed by atoms with Gasteiger partial charge in [-0.2, -0.15) is 0 Å². The SMILES string of the molecule is CCC(=O)NC1Cc2cccc(C(=O)OCC(C)C)c2OB1O. The molecule has 0 bridgehead atoms. The van der Waals surface area contributed by atoms with Crippen LogP contribution in [0.25, 0.3) is 0 Å². The number of benzene rings is 1. The van der Waals surface area contributed by atoms with Crippen LogP contribution in [0.3, 0.4) is 0 Å². The molecule has 6 nitrogen and oxygen atoms in total. The maximum atomic E-state index is 12.2. The summed E-state index contributed by atoms with van der Waals surface area (Å²) >= 11 is 0. The summed E-state index contributed by atoms with van der Waals surface area (Å²) in [7, 11) is -1.20. The number of rotatable bonds is 5. The Bertz CT molecular complexity index is 590. The molecule has 0 spiro atoms. The van der Waals surface area contributed by atoms with E-state index in [-0.39, 0.29) is 11.8 Å². The highest BCUT2D eigenvalue weighted by atomic mass is 16.5. The normalized spacial score (nSPS) is 16.6. The first-order valence-corrected chi connectivity index (χ1v) is 7.85. The van der Waals surface area contributed by atoms with Crippen molar-refractivity contribution in [2.75, 3.05) is 6.61 Å². The Hall–Kier alpha value is -2.02. The van der Waals surface area contributed by atoms with E-state index in [2.05, 4.69) is 5.32 Å². The van der Waals surface area contributed by atoms with Crippen molar-refractivity contribution in [3.8, 4) is 5.75 Å². The largest absolute Gasteiger partial charge is 0.547 e. The zero-order valence-corrected chi connectivity index (χ0v) is 13.7. The van der Waals surface area contributed by atoms with E-state index in [0.29, 0.717) is 30.8 Å². The summed E-state index contributed by atoms with van der Waals surface area (Å²) in [5.74, 6) is -0.598. The van der Waals surface area contributed by atoms with Crippen LogP contribution in [0, 0.1) is 5.92 Å². The van der Waals surface area contributed by atoms with Crippen LogP contribution in [-0.2, 0) is 16.0 Å². The van der Waals surface area contributed by atoms with Gasteiger partial charge in [-0.3, -0.25) is 4.79 Å². The minimum Gasteiger partial charge on any atom is -0.534 e. The van der Waals surface area contributed by atoms with Gasteiger partial charge in [0.1, 0.15) is 11.3 Å².